The number of ether oxygens (including phenoxy) is 1. The third-order valence-electron chi connectivity index (χ3n) is 5.23. The average molecular weight is 370 g/mol. The van der Waals surface area contributed by atoms with E-state index in [0.29, 0.717) is 11.3 Å². The van der Waals surface area contributed by atoms with Crippen molar-refractivity contribution in [3.8, 4) is 11.8 Å². The molecule has 27 heavy (non-hydrogen) atoms. The maximum Gasteiger partial charge on any atom is 0.416 e. The van der Waals surface area contributed by atoms with E-state index in [2.05, 4.69) is 5.32 Å². The highest BCUT2D eigenvalue weighted by Gasteiger charge is 2.39. The Kier molecular flexibility index (Phi) is 4.31. The highest BCUT2D eigenvalue weighted by atomic mass is 19.4. The van der Waals surface area contributed by atoms with Gasteiger partial charge in [0.05, 0.1) is 11.6 Å². The molecule has 138 valence electrons. The van der Waals surface area contributed by atoms with Gasteiger partial charge in [-0.1, -0.05) is 24.3 Å². The number of fused-ring (bicyclic) bond motifs is 3. The summed E-state index contributed by atoms with van der Waals surface area (Å²) < 4.78 is 44.6. The maximum absolute atomic E-state index is 13.1. The number of allylic oxidation sites excluding steroid dienone is 2. The van der Waals surface area contributed by atoms with Crippen molar-refractivity contribution in [3.05, 3.63) is 71.3 Å². The van der Waals surface area contributed by atoms with Gasteiger partial charge in [0.15, 0.2) is 6.61 Å². The molecule has 3 nitrogen and oxygen atoms in total. The van der Waals surface area contributed by atoms with Gasteiger partial charge < -0.3 is 10.1 Å². The van der Waals surface area contributed by atoms with E-state index in [4.69, 9.17) is 10.00 Å². The van der Waals surface area contributed by atoms with Crippen LogP contribution >= 0.6 is 0 Å². The Hall–Kier alpha value is -2.94. The topological polar surface area (TPSA) is 45.0 Å². The summed E-state index contributed by atoms with van der Waals surface area (Å²) >= 11 is 0. The molecule has 3 atom stereocenters. The van der Waals surface area contributed by atoms with Crippen LogP contribution in [0.1, 0.15) is 35.1 Å². The van der Waals surface area contributed by atoms with Gasteiger partial charge in [-0.2, -0.15) is 18.4 Å². The second kappa shape index (κ2) is 6.66. The Balaban J connectivity index is 1.65. The number of alkyl halides is 3. The molecule has 4 rings (SSSR count). The fraction of sp³-hybridized carbons (Fsp3) is 0.286. The number of anilines is 1. The number of hydrogen-bond acceptors (Lipinski definition) is 3. The van der Waals surface area contributed by atoms with E-state index in [9.17, 15) is 13.2 Å². The van der Waals surface area contributed by atoms with E-state index >= 15 is 0 Å². The van der Waals surface area contributed by atoms with E-state index in [-0.39, 0.29) is 24.5 Å². The predicted molar refractivity (Wildman–Crippen MR) is 95.3 cm³/mol. The van der Waals surface area contributed by atoms with Crippen LogP contribution in [-0.4, -0.2) is 6.61 Å². The molecule has 2 aromatic carbocycles. The average Bonchev–Trinajstić information content (AvgIpc) is 3.15. The van der Waals surface area contributed by atoms with E-state index in [0.717, 1.165) is 23.7 Å². The summed E-state index contributed by atoms with van der Waals surface area (Å²) in [5.74, 6) is 0.738. The molecule has 1 aliphatic carbocycles. The van der Waals surface area contributed by atoms with Crippen molar-refractivity contribution in [1.82, 2.24) is 0 Å². The first-order chi connectivity index (χ1) is 13.0. The molecular formula is C21H17F3N2O. The van der Waals surface area contributed by atoms with Crippen molar-refractivity contribution >= 4 is 5.69 Å². The zero-order valence-corrected chi connectivity index (χ0v) is 14.3. The Labute approximate surface area is 155 Å². The third kappa shape index (κ3) is 3.25. The van der Waals surface area contributed by atoms with Crippen LogP contribution in [0.4, 0.5) is 18.9 Å². The van der Waals surface area contributed by atoms with Gasteiger partial charge in [-0.25, -0.2) is 0 Å². The fourth-order valence-electron chi connectivity index (χ4n) is 3.99. The minimum atomic E-state index is -4.34. The predicted octanol–water partition coefficient (Wildman–Crippen LogP) is 5.43. The number of rotatable bonds is 3. The lowest BCUT2D eigenvalue weighted by atomic mass is 9.76. The van der Waals surface area contributed by atoms with Crippen LogP contribution in [0.2, 0.25) is 0 Å². The number of nitriles is 1. The van der Waals surface area contributed by atoms with Gasteiger partial charge in [-0.3, -0.25) is 0 Å². The zero-order valence-electron chi connectivity index (χ0n) is 14.3. The Bertz CT molecular complexity index is 913. The largest absolute Gasteiger partial charge is 0.479 e. The fourth-order valence-corrected chi connectivity index (χ4v) is 3.99. The summed E-state index contributed by atoms with van der Waals surface area (Å²) in [6, 6.07) is 13.4. The summed E-state index contributed by atoms with van der Waals surface area (Å²) in [5, 5.41) is 12.0. The molecule has 0 saturated carbocycles. The Morgan fingerprint density at radius 3 is 2.63 bits per heavy atom. The normalized spacial score (nSPS) is 23.1. The quantitative estimate of drug-likeness (QED) is 0.733. The van der Waals surface area contributed by atoms with Gasteiger partial charge in [0.25, 0.3) is 0 Å². The summed E-state index contributed by atoms with van der Waals surface area (Å²) in [5.41, 5.74) is 1.88. The van der Waals surface area contributed by atoms with Gasteiger partial charge in [0.2, 0.25) is 0 Å². The molecule has 1 aliphatic heterocycles. The first-order valence-electron chi connectivity index (χ1n) is 8.71. The van der Waals surface area contributed by atoms with Crippen LogP contribution in [0.15, 0.2) is 54.6 Å². The van der Waals surface area contributed by atoms with Crippen LogP contribution < -0.4 is 10.1 Å². The van der Waals surface area contributed by atoms with Crippen LogP contribution in [0.3, 0.4) is 0 Å². The van der Waals surface area contributed by atoms with Crippen LogP contribution in [0.25, 0.3) is 0 Å². The number of benzene rings is 2. The molecule has 0 spiro atoms. The highest BCUT2D eigenvalue weighted by Crippen LogP contribution is 2.50. The van der Waals surface area contributed by atoms with E-state index in [1.807, 2.05) is 42.5 Å². The molecule has 6 heteroatoms. The molecule has 1 heterocycles. The van der Waals surface area contributed by atoms with Gasteiger partial charge >= 0.3 is 6.18 Å². The standard InChI is InChI=1S/C21H17F3N2O/c22-21(23,24)14-6-9-19-18(12-14)16-2-1-3-17(16)20(26-19)13-4-7-15(8-5-13)27-11-10-25/h1-2,4-9,12,16-17,20,26H,3,11H2/t16-,17+,20-/m0/s1. The number of nitrogens with zero attached hydrogens (tertiary/aromatic N) is 1. The molecule has 0 radical (unpaired) electrons. The Morgan fingerprint density at radius 1 is 1.15 bits per heavy atom. The number of hydrogen-bond donors (Lipinski definition) is 1. The Morgan fingerprint density at radius 2 is 1.93 bits per heavy atom. The molecule has 0 amide bonds. The third-order valence-corrected chi connectivity index (χ3v) is 5.23. The molecule has 0 aromatic heterocycles. The van der Waals surface area contributed by atoms with Crippen LogP contribution in [0.5, 0.6) is 5.75 Å². The summed E-state index contributed by atoms with van der Waals surface area (Å²) in [6.07, 6.45) is 0.527. The minimum Gasteiger partial charge on any atom is -0.479 e. The van der Waals surface area contributed by atoms with Crippen LogP contribution in [0, 0.1) is 17.2 Å². The van der Waals surface area contributed by atoms with E-state index in [1.165, 1.54) is 12.1 Å². The minimum absolute atomic E-state index is 0.000691. The lowest BCUT2D eigenvalue weighted by molar-refractivity contribution is -0.137. The maximum atomic E-state index is 13.1. The molecule has 0 bridgehead atoms. The number of nitrogens with one attached hydrogen (secondary N) is 1. The van der Waals surface area contributed by atoms with Crippen molar-refractivity contribution in [3.63, 3.8) is 0 Å². The van der Waals surface area contributed by atoms with Crippen molar-refractivity contribution < 1.29 is 17.9 Å². The zero-order chi connectivity index (χ0) is 19.0. The number of halogens is 3. The van der Waals surface area contributed by atoms with Crippen molar-refractivity contribution in [2.75, 3.05) is 11.9 Å². The lowest BCUT2D eigenvalue weighted by Crippen LogP contribution is -2.29. The smallest absolute Gasteiger partial charge is 0.416 e. The highest BCUT2D eigenvalue weighted by molar-refractivity contribution is 5.61. The molecule has 0 unspecified atom stereocenters. The van der Waals surface area contributed by atoms with E-state index < -0.39 is 11.7 Å². The van der Waals surface area contributed by atoms with Crippen molar-refractivity contribution in [2.24, 2.45) is 5.92 Å². The van der Waals surface area contributed by atoms with Gasteiger partial charge in [-0.05, 0) is 53.8 Å². The molecule has 0 fully saturated rings. The van der Waals surface area contributed by atoms with Crippen molar-refractivity contribution in [1.29, 1.82) is 5.26 Å². The lowest BCUT2D eigenvalue weighted by Gasteiger charge is -2.38. The molecule has 2 aliphatic rings. The van der Waals surface area contributed by atoms with Crippen molar-refractivity contribution in [2.45, 2.75) is 24.6 Å². The summed E-state index contributed by atoms with van der Waals surface area (Å²) in [7, 11) is 0. The molecule has 0 saturated heterocycles. The first-order valence-corrected chi connectivity index (χ1v) is 8.71. The molecule has 1 N–H and O–H groups in total. The van der Waals surface area contributed by atoms with Gasteiger partial charge in [-0.15, -0.1) is 0 Å². The molecule has 2 aromatic rings. The molecular weight excluding hydrogens is 353 g/mol. The second-order valence-corrected chi connectivity index (χ2v) is 6.79. The van der Waals surface area contributed by atoms with Gasteiger partial charge in [0, 0.05) is 11.6 Å². The first kappa shape index (κ1) is 17.5. The van der Waals surface area contributed by atoms with Crippen LogP contribution in [-0.2, 0) is 6.18 Å². The summed E-state index contributed by atoms with van der Waals surface area (Å²) in [4.78, 5) is 0. The van der Waals surface area contributed by atoms with E-state index in [1.54, 1.807) is 0 Å². The summed E-state index contributed by atoms with van der Waals surface area (Å²) in [6.45, 7) is -0.00937. The second-order valence-electron chi connectivity index (χ2n) is 6.79. The van der Waals surface area contributed by atoms with Gasteiger partial charge in [0.1, 0.15) is 11.8 Å². The monoisotopic (exact) mass is 370 g/mol. The SMILES string of the molecule is N#CCOc1ccc([C@@H]2Nc3ccc(C(F)(F)F)cc3[C@H]3C=CC[C@H]32)cc1.